The van der Waals surface area contributed by atoms with Crippen LogP contribution in [0.15, 0.2) is 60.9 Å². The van der Waals surface area contributed by atoms with Crippen molar-refractivity contribution >= 4 is 5.91 Å². The van der Waals surface area contributed by atoms with Crippen LogP contribution in [0.2, 0.25) is 0 Å². The molecule has 1 aliphatic heterocycles. The average Bonchev–Trinajstić information content (AvgIpc) is 3.29. The summed E-state index contributed by atoms with van der Waals surface area (Å²) in [7, 11) is 1.62. The van der Waals surface area contributed by atoms with E-state index in [2.05, 4.69) is 39.6 Å². The third-order valence-corrected chi connectivity index (χ3v) is 5.62. The Morgan fingerprint density at radius 1 is 1.19 bits per heavy atom. The molecule has 2 N–H and O–H groups in total. The number of amides is 1. The number of aliphatic hydroxyl groups excluding tert-OH is 1. The Morgan fingerprint density at radius 3 is 2.74 bits per heavy atom. The number of benzene rings is 2. The maximum absolute atomic E-state index is 12.4. The minimum atomic E-state index is -0.479. The van der Waals surface area contributed by atoms with Gasteiger partial charge in [0.1, 0.15) is 5.75 Å². The number of methoxy groups -OCH3 is 1. The van der Waals surface area contributed by atoms with Gasteiger partial charge in [-0.3, -0.25) is 9.69 Å². The molecule has 3 aromatic rings. The Hall–Kier alpha value is -3.16. The quantitative estimate of drug-likeness (QED) is 0.585. The molecule has 0 saturated carbocycles. The normalized spacial score (nSPS) is 14.6. The van der Waals surface area contributed by atoms with Crippen LogP contribution in [0, 0.1) is 0 Å². The Morgan fingerprint density at radius 2 is 1.97 bits per heavy atom. The number of β-amino-alcohol motifs (C(OH)–C–C–N with tert-alkyl or cyclic N) is 1. The number of carbonyl (C=O) groups excluding carboxylic acids is 1. The van der Waals surface area contributed by atoms with Crippen molar-refractivity contribution in [3.8, 4) is 11.4 Å². The van der Waals surface area contributed by atoms with E-state index in [1.165, 1.54) is 11.1 Å². The van der Waals surface area contributed by atoms with Crippen LogP contribution in [0.5, 0.6) is 5.75 Å². The number of nitrogens with zero attached hydrogens (tertiary/aromatic N) is 3. The van der Waals surface area contributed by atoms with E-state index in [0.29, 0.717) is 25.1 Å². The van der Waals surface area contributed by atoms with Gasteiger partial charge in [-0.1, -0.05) is 24.3 Å². The highest BCUT2D eigenvalue weighted by molar-refractivity contribution is 5.93. The molecule has 2 heterocycles. The number of nitrogens with one attached hydrogen (secondary N) is 1. The summed E-state index contributed by atoms with van der Waals surface area (Å²) in [5.41, 5.74) is 4.06. The molecule has 7 nitrogen and oxygen atoms in total. The fourth-order valence-electron chi connectivity index (χ4n) is 3.87. The maximum atomic E-state index is 12.4. The van der Waals surface area contributed by atoms with E-state index in [-0.39, 0.29) is 5.91 Å². The van der Waals surface area contributed by atoms with E-state index < -0.39 is 6.10 Å². The van der Waals surface area contributed by atoms with E-state index >= 15 is 0 Å². The maximum Gasteiger partial charge on any atom is 0.254 e. The first-order chi connectivity index (χ1) is 15.1. The number of aliphatic hydroxyl groups is 1. The fourth-order valence-corrected chi connectivity index (χ4v) is 3.87. The van der Waals surface area contributed by atoms with Crippen molar-refractivity contribution in [2.24, 2.45) is 0 Å². The Kier molecular flexibility index (Phi) is 6.64. The van der Waals surface area contributed by atoms with Gasteiger partial charge in [-0.05, 0) is 48.2 Å². The topological polar surface area (TPSA) is 79.6 Å². The number of aromatic nitrogens is 2. The highest BCUT2D eigenvalue weighted by Gasteiger charge is 2.18. The van der Waals surface area contributed by atoms with Crippen LogP contribution in [0.4, 0.5) is 0 Å². The van der Waals surface area contributed by atoms with Crippen LogP contribution in [0.25, 0.3) is 5.69 Å². The van der Waals surface area contributed by atoms with E-state index in [4.69, 9.17) is 4.74 Å². The van der Waals surface area contributed by atoms with Gasteiger partial charge < -0.3 is 15.2 Å². The SMILES string of the molecule is COc1ccc(-n2cc(C(=O)NCCC(O)CN3CCc4ccccc4C3)cn2)cc1. The summed E-state index contributed by atoms with van der Waals surface area (Å²) in [5.74, 6) is 0.569. The van der Waals surface area contributed by atoms with Crippen molar-refractivity contribution in [1.29, 1.82) is 0 Å². The predicted molar refractivity (Wildman–Crippen MR) is 118 cm³/mol. The van der Waals surface area contributed by atoms with Gasteiger partial charge in [0.15, 0.2) is 0 Å². The summed E-state index contributed by atoms with van der Waals surface area (Å²) in [6.07, 6.45) is 4.28. The molecule has 0 saturated heterocycles. The van der Waals surface area contributed by atoms with Gasteiger partial charge in [0.25, 0.3) is 5.91 Å². The summed E-state index contributed by atoms with van der Waals surface area (Å²) < 4.78 is 6.81. The molecule has 1 amide bonds. The summed E-state index contributed by atoms with van der Waals surface area (Å²) in [4.78, 5) is 14.7. The molecule has 0 spiro atoms. The van der Waals surface area contributed by atoms with Gasteiger partial charge >= 0.3 is 0 Å². The number of ether oxygens (including phenoxy) is 1. The molecule has 4 rings (SSSR count). The van der Waals surface area contributed by atoms with Crippen molar-refractivity contribution in [3.63, 3.8) is 0 Å². The molecule has 0 bridgehead atoms. The van der Waals surface area contributed by atoms with E-state index in [9.17, 15) is 9.90 Å². The molecule has 7 heteroatoms. The third-order valence-electron chi connectivity index (χ3n) is 5.62. The predicted octanol–water partition coefficient (Wildman–Crippen LogP) is 2.42. The smallest absolute Gasteiger partial charge is 0.254 e. The van der Waals surface area contributed by atoms with Crippen molar-refractivity contribution in [2.45, 2.75) is 25.5 Å². The summed E-state index contributed by atoms with van der Waals surface area (Å²) in [6, 6.07) is 15.9. The molecule has 1 aromatic heterocycles. The zero-order chi connectivity index (χ0) is 21.6. The zero-order valence-corrected chi connectivity index (χ0v) is 17.7. The van der Waals surface area contributed by atoms with Crippen LogP contribution in [-0.4, -0.2) is 58.5 Å². The molecule has 1 aliphatic rings. The van der Waals surface area contributed by atoms with E-state index in [1.807, 2.05) is 24.3 Å². The highest BCUT2D eigenvalue weighted by Crippen LogP contribution is 2.19. The largest absolute Gasteiger partial charge is 0.497 e. The van der Waals surface area contributed by atoms with Crippen molar-refractivity contribution in [3.05, 3.63) is 77.6 Å². The minimum absolute atomic E-state index is 0.195. The van der Waals surface area contributed by atoms with Gasteiger partial charge in [-0.15, -0.1) is 0 Å². The molecule has 31 heavy (non-hydrogen) atoms. The number of carbonyl (C=O) groups is 1. The lowest BCUT2D eigenvalue weighted by molar-refractivity contribution is 0.0892. The standard InChI is InChI=1S/C24H28N4O3/c1-31-23-8-6-21(7-9-23)28-16-20(14-26-28)24(30)25-12-10-22(29)17-27-13-11-18-4-2-3-5-19(18)15-27/h2-9,14,16,22,29H,10-13,15,17H2,1H3,(H,25,30). The van der Waals surface area contributed by atoms with Crippen molar-refractivity contribution in [2.75, 3.05) is 26.7 Å². The van der Waals surface area contributed by atoms with Gasteiger partial charge in [-0.25, -0.2) is 4.68 Å². The van der Waals surface area contributed by atoms with Gasteiger partial charge in [0.2, 0.25) is 0 Å². The van der Waals surface area contributed by atoms with Crippen molar-refractivity contribution in [1.82, 2.24) is 20.0 Å². The molecule has 0 aliphatic carbocycles. The first-order valence-corrected chi connectivity index (χ1v) is 10.6. The lowest BCUT2D eigenvalue weighted by Crippen LogP contribution is -2.38. The fraction of sp³-hybridized carbons (Fsp3) is 0.333. The summed E-state index contributed by atoms with van der Waals surface area (Å²) in [5, 5.41) is 17.5. The lowest BCUT2D eigenvalue weighted by Gasteiger charge is -2.30. The van der Waals surface area contributed by atoms with Gasteiger partial charge in [0, 0.05) is 32.4 Å². The Bertz CT molecular complexity index is 1020. The second-order valence-electron chi connectivity index (χ2n) is 7.82. The summed E-state index contributed by atoms with van der Waals surface area (Å²) >= 11 is 0. The van der Waals surface area contributed by atoms with Crippen LogP contribution in [0.1, 0.15) is 27.9 Å². The number of hydrogen-bond acceptors (Lipinski definition) is 5. The van der Waals surface area contributed by atoms with Crippen LogP contribution >= 0.6 is 0 Å². The number of fused-ring (bicyclic) bond motifs is 1. The second-order valence-corrected chi connectivity index (χ2v) is 7.82. The Balaban J connectivity index is 1.22. The molecule has 1 atom stereocenters. The first kappa shape index (κ1) is 21.1. The molecular weight excluding hydrogens is 392 g/mol. The lowest BCUT2D eigenvalue weighted by atomic mass is 9.99. The van der Waals surface area contributed by atoms with Crippen LogP contribution < -0.4 is 10.1 Å². The molecular formula is C24H28N4O3. The molecule has 2 aromatic carbocycles. The molecule has 0 fully saturated rings. The molecule has 1 unspecified atom stereocenters. The van der Waals surface area contributed by atoms with Gasteiger partial charge in [0.05, 0.1) is 30.7 Å². The monoisotopic (exact) mass is 420 g/mol. The van der Waals surface area contributed by atoms with Crippen LogP contribution in [-0.2, 0) is 13.0 Å². The van der Waals surface area contributed by atoms with E-state index in [0.717, 1.165) is 30.9 Å². The van der Waals surface area contributed by atoms with Crippen molar-refractivity contribution < 1.29 is 14.6 Å². The number of hydrogen-bond donors (Lipinski definition) is 2. The summed E-state index contributed by atoms with van der Waals surface area (Å²) in [6.45, 7) is 2.84. The molecule has 162 valence electrons. The first-order valence-electron chi connectivity index (χ1n) is 10.6. The third kappa shape index (κ3) is 5.31. The molecule has 0 radical (unpaired) electrons. The Labute approximate surface area is 182 Å². The minimum Gasteiger partial charge on any atom is -0.497 e. The zero-order valence-electron chi connectivity index (χ0n) is 17.7. The van der Waals surface area contributed by atoms with Crippen LogP contribution in [0.3, 0.4) is 0 Å². The average molecular weight is 421 g/mol. The second kappa shape index (κ2) is 9.76. The number of rotatable bonds is 8. The van der Waals surface area contributed by atoms with E-state index in [1.54, 1.807) is 24.2 Å². The highest BCUT2D eigenvalue weighted by atomic mass is 16.5. The van der Waals surface area contributed by atoms with Gasteiger partial charge in [-0.2, -0.15) is 5.10 Å².